The topological polar surface area (TPSA) is 33.6 Å². The Labute approximate surface area is 117 Å². The molecule has 4 heteroatoms. The van der Waals surface area contributed by atoms with E-state index in [4.69, 9.17) is 16.3 Å². The van der Waals surface area contributed by atoms with E-state index in [1.807, 2.05) is 48.5 Å². The van der Waals surface area contributed by atoms with Crippen LogP contribution in [0.2, 0.25) is 5.02 Å². The molecule has 2 rings (SSSR count). The summed E-state index contributed by atoms with van der Waals surface area (Å²) in [6.45, 7) is 0.619. The number of nitrogens with zero attached hydrogens (tertiary/aromatic N) is 1. The third-order valence-electron chi connectivity index (χ3n) is 2.64. The number of halogens is 1. The number of benzene rings is 2. The van der Waals surface area contributed by atoms with Crippen molar-refractivity contribution in [1.29, 1.82) is 0 Å². The molecule has 0 aromatic heterocycles. The van der Waals surface area contributed by atoms with Crippen LogP contribution in [-0.4, -0.2) is 13.3 Å². The third-order valence-corrected chi connectivity index (χ3v) is 2.89. The Morgan fingerprint density at radius 3 is 2.63 bits per heavy atom. The number of ether oxygens (including phenoxy) is 1. The molecule has 1 N–H and O–H groups in total. The summed E-state index contributed by atoms with van der Waals surface area (Å²) in [5.41, 5.74) is 5.06. The number of hydrogen-bond donors (Lipinski definition) is 1. The molecule has 0 aliphatic rings. The summed E-state index contributed by atoms with van der Waals surface area (Å²) < 4.78 is 5.27. The SMILES string of the molecule is COc1ccccc1CN/N=C\c1ccc(Cl)cc1. The molecule has 0 aliphatic carbocycles. The highest BCUT2D eigenvalue weighted by Crippen LogP contribution is 2.16. The number of rotatable bonds is 5. The van der Waals surface area contributed by atoms with Crippen LogP contribution in [0.3, 0.4) is 0 Å². The Hall–Kier alpha value is -2.00. The molecular formula is C15H15ClN2O. The van der Waals surface area contributed by atoms with Crippen molar-refractivity contribution in [3.05, 3.63) is 64.7 Å². The summed E-state index contributed by atoms with van der Waals surface area (Å²) in [4.78, 5) is 0. The highest BCUT2D eigenvalue weighted by molar-refractivity contribution is 6.30. The van der Waals surface area contributed by atoms with E-state index in [0.29, 0.717) is 6.54 Å². The summed E-state index contributed by atoms with van der Waals surface area (Å²) in [6, 6.07) is 15.4. The predicted octanol–water partition coefficient (Wildman–Crippen LogP) is 3.47. The van der Waals surface area contributed by atoms with Gasteiger partial charge in [0.2, 0.25) is 0 Å². The highest BCUT2D eigenvalue weighted by atomic mass is 35.5. The van der Waals surface area contributed by atoms with E-state index >= 15 is 0 Å². The second kappa shape index (κ2) is 6.81. The smallest absolute Gasteiger partial charge is 0.123 e. The van der Waals surface area contributed by atoms with Gasteiger partial charge in [0.05, 0.1) is 19.9 Å². The van der Waals surface area contributed by atoms with Gasteiger partial charge in [0.15, 0.2) is 0 Å². The molecule has 19 heavy (non-hydrogen) atoms. The first-order valence-corrected chi connectivity index (χ1v) is 6.31. The Kier molecular flexibility index (Phi) is 4.81. The van der Waals surface area contributed by atoms with Crippen LogP contribution in [0, 0.1) is 0 Å². The van der Waals surface area contributed by atoms with E-state index in [1.165, 1.54) is 0 Å². The van der Waals surface area contributed by atoms with Gasteiger partial charge in [-0.15, -0.1) is 0 Å². The molecule has 2 aromatic carbocycles. The zero-order chi connectivity index (χ0) is 13.5. The van der Waals surface area contributed by atoms with Gasteiger partial charge in [-0.2, -0.15) is 5.10 Å². The van der Waals surface area contributed by atoms with Crippen LogP contribution in [0.15, 0.2) is 53.6 Å². The van der Waals surface area contributed by atoms with Crippen LogP contribution in [0.25, 0.3) is 0 Å². The van der Waals surface area contributed by atoms with Gasteiger partial charge in [0, 0.05) is 10.6 Å². The van der Waals surface area contributed by atoms with Crippen LogP contribution in [-0.2, 0) is 6.54 Å². The molecule has 0 heterocycles. The molecule has 3 nitrogen and oxygen atoms in total. The van der Waals surface area contributed by atoms with Gasteiger partial charge in [-0.25, -0.2) is 0 Å². The van der Waals surface area contributed by atoms with Gasteiger partial charge < -0.3 is 10.2 Å². The molecule has 2 aromatic rings. The van der Waals surface area contributed by atoms with Crippen molar-refractivity contribution < 1.29 is 4.74 Å². The number of hydrogen-bond acceptors (Lipinski definition) is 3. The van der Waals surface area contributed by atoms with Crippen LogP contribution < -0.4 is 10.2 Å². The maximum absolute atomic E-state index is 5.81. The molecule has 0 atom stereocenters. The average Bonchev–Trinajstić information content (AvgIpc) is 2.46. The zero-order valence-electron chi connectivity index (χ0n) is 10.6. The average molecular weight is 275 g/mol. The minimum Gasteiger partial charge on any atom is -0.496 e. The molecule has 0 saturated carbocycles. The van der Waals surface area contributed by atoms with E-state index in [1.54, 1.807) is 13.3 Å². The van der Waals surface area contributed by atoms with E-state index in [-0.39, 0.29) is 0 Å². The first kappa shape index (κ1) is 13.4. The van der Waals surface area contributed by atoms with E-state index in [2.05, 4.69) is 10.5 Å². The molecule has 0 radical (unpaired) electrons. The molecular weight excluding hydrogens is 260 g/mol. The Balaban J connectivity index is 1.91. The quantitative estimate of drug-likeness (QED) is 0.669. The molecule has 0 fully saturated rings. The van der Waals surface area contributed by atoms with Crippen LogP contribution >= 0.6 is 11.6 Å². The second-order valence-electron chi connectivity index (χ2n) is 3.96. The molecule has 0 spiro atoms. The van der Waals surface area contributed by atoms with E-state index < -0.39 is 0 Å². The maximum atomic E-state index is 5.81. The van der Waals surface area contributed by atoms with Crippen molar-refractivity contribution in [2.45, 2.75) is 6.54 Å². The lowest BCUT2D eigenvalue weighted by Gasteiger charge is -2.07. The van der Waals surface area contributed by atoms with Crippen LogP contribution in [0.1, 0.15) is 11.1 Å². The van der Waals surface area contributed by atoms with Crippen molar-refractivity contribution in [3.8, 4) is 5.75 Å². The monoisotopic (exact) mass is 274 g/mol. The number of methoxy groups -OCH3 is 1. The number of nitrogens with one attached hydrogen (secondary N) is 1. The Bertz CT molecular complexity index is 552. The fourth-order valence-electron chi connectivity index (χ4n) is 1.65. The van der Waals surface area contributed by atoms with Gasteiger partial charge in [-0.3, -0.25) is 0 Å². The molecule has 0 amide bonds. The Morgan fingerprint density at radius 2 is 1.89 bits per heavy atom. The lowest BCUT2D eigenvalue weighted by atomic mass is 10.2. The van der Waals surface area contributed by atoms with Crippen molar-refractivity contribution in [1.82, 2.24) is 5.43 Å². The minimum atomic E-state index is 0.619. The first-order valence-electron chi connectivity index (χ1n) is 5.93. The zero-order valence-corrected chi connectivity index (χ0v) is 11.4. The van der Waals surface area contributed by atoms with Crippen molar-refractivity contribution in [2.75, 3.05) is 7.11 Å². The summed E-state index contributed by atoms with van der Waals surface area (Å²) in [7, 11) is 1.66. The summed E-state index contributed by atoms with van der Waals surface area (Å²) in [6.07, 6.45) is 1.76. The molecule has 0 saturated heterocycles. The standard InChI is InChI=1S/C15H15ClN2O/c1-19-15-5-3-2-4-13(15)11-18-17-10-12-6-8-14(16)9-7-12/h2-10,18H,11H2,1H3/b17-10-. The predicted molar refractivity (Wildman–Crippen MR) is 78.9 cm³/mol. The molecule has 0 aliphatic heterocycles. The van der Waals surface area contributed by atoms with Crippen molar-refractivity contribution >= 4 is 17.8 Å². The van der Waals surface area contributed by atoms with Gasteiger partial charge in [-0.05, 0) is 23.8 Å². The van der Waals surface area contributed by atoms with Gasteiger partial charge in [-0.1, -0.05) is 41.9 Å². The van der Waals surface area contributed by atoms with Crippen molar-refractivity contribution in [3.63, 3.8) is 0 Å². The minimum absolute atomic E-state index is 0.619. The largest absolute Gasteiger partial charge is 0.496 e. The van der Waals surface area contributed by atoms with Gasteiger partial charge in [0.25, 0.3) is 0 Å². The van der Waals surface area contributed by atoms with E-state index in [0.717, 1.165) is 21.9 Å². The Morgan fingerprint density at radius 1 is 1.16 bits per heavy atom. The maximum Gasteiger partial charge on any atom is 0.123 e. The molecule has 98 valence electrons. The molecule has 0 bridgehead atoms. The second-order valence-corrected chi connectivity index (χ2v) is 4.39. The number of para-hydroxylation sites is 1. The fourth-order valence-corrected chi connectivity index (χ4v) is 1.77. The van der Waals surface area contributed by atoms with Gasteiger partial charge >= 0.3 is 0 Å². The normalized spacial score (nSPS) is 10.6. The first-order chi connectivity index (χ1) is 9.29. The summed E-state index contributed by atoms with van der Waals surface area (Å²) in [5, 5.41) is 4.89. The van der Waals surface area contributed by atoms with Crippen LogP contribution in [0.5, 0.6) is 5.75 Å². The van der Waals surface area contributed by atoms with Crippen LogP contribution in [0.4, 0.5) is 0 Å². The fraction of sp³-hybridized carbons (Fsp3) is 0.133. The molecule has 0 unspecified atom stereocenters. The third kappa shape index (κ3) is 4.00. The van der Waals surface area contributed by atoms with Crippen molar-refractivity contribution in [2.24, 2.45) is 5.10 Å². The lowest BCUT2D eigenvalue weighted by Crippen LogP contribution is -2.06. The van der Waals surface area contributed by atoms with Gasteiger partial charge in [0.1, 0.15) is 5.75 Å². The summed E-state index contributed by atoms with van der Waals surface area (Å²) >= 11 is 5.81. The number of hydrazone groups is 1. The highest BCUT2D eigenvalue weighted by Gasteiger charge is 1.99. The lowest BCUT2D eigenvalue weighted by molar-refractivity contribution is 0.408. The van der Waals surface area contributed by atoms with E-state index in [9.17, 15) is 0 Å². The summed E-state index contributed by atoms with van der Waals surface area (Å²) in [5.74, 6) is 0.858.